The Bertz CT molecular complexity index is 1200. The summed E-state index contributed by atoms with van der Waals surface area (Å²) in [5.41, 5.74) is 11.0. The maximum atomic E-state index is 5.00. The van der Waals surface area contributed by atoms with Gasteiger partial charge in [-0.25, -0.2) is 0 Å². The first-order valence-corrected chi connectivity index (χ1v) is 13.3. The molecule has 0 aromatic heterocycles. The molecule has 188 valence electrons. The number of aryl methyl sites for hydroxylation is 3. The molecule has 1 saturated carbocycles. The molecule has 36 heavy (non-hydrogen) atoms. The Balaban J connectivity index is 1.40. The fourth-order valence-electron chi connectivity index (χ4n) is 5.25. The minimum atomic E-state index is 0.321. The summed E-state index contributed by atoms with van der Waals surface area (Å²) in [6, 6.07) is 13.1. The number of aliphatic imine (C=N–C) groups is 1. The molecule has 2 aromatic carbocycles. The normalized spacial score (nSPS) is 18.5. The molecule has 1 atom stereocenters. The lowest BCUT2D eigenvalue weighted by Gasteiger charge is -2.28. The SMILES string of the molecule is C=C(Nc1ccc(C)c(N=C(C)C2=CCC(NC(=C)C3CCCCC3)C=C2)c1)c1cc(C)cc(C)c1. The Morgan fingerprint density at radius 1 is 0.944 bits per heavy atom. The van der Waals surface area contributed by atoms with Gasteiger partial charge in [-0.05, 0) is 93.8 Å². The molecule has 0 bridgehead atoms. The Morgan fingerprint density at radius 2 is 1.67 bits per heavy atom. The number of nitrogens with zero attached hydrogens (tertiary/aromatic N) is 1. The third-order valence-corrected chi connectivity index (χ3v) is 7.35. The van der Waals surface area contributed by atoms with Gasteiger partial charge >= 0.3 is 0 Å². The van der Waals surface area contributed by atoms with E-state index in [-0.39, 0.29) is 0 Å². The van der Waals surface area contributed by atoms with Gasteiger partial charge in [0, 0.05) is 28.8 Å². The van der Waals surface area contributed by atoms with Crippen molar-refractivity contribution in [3.05, 3.63) is 101 Å². The number of hydrogen-bond acceptors (Lipinski definition) is 3. The van der Waals surface area contributed by atoms with Gasteiger partial charge in [0.1, 0.15) is 0 Å². The zero-order chi connectivity index (χ0) is 25.7. The van der Waals surface area contributed by atoms with Crippen molar-refractivity contribution in [2.45, 2.75) is 72.3 Å². The molecular weight excluding hydrogens is 438 g/mol. The monoisotopic (exact) mass is 479 g/mol. The highest BCUT2D eigenvalue weighted by Gasteiger charge is 2.19. The molecule has 0 amide bonds. The molecule has 3 heteroatoms. The van der Waals surface area contributed by atoms with Gasteiger partial charge in [-0.1, -0.05) is 73.9 Å². The van der Waals surface area contributed by atoms with Crippen molar-refractivity contribution in [1.29, 1.82) is 0 Å². The van der Waals surface area contributed by atoms with Crippen LogP contribution in [0.5, 0.6) is 0 Å². The smallest absolute Gasteiger partial charge is 0.0682 e. The van der Waals surface area contributed by atoms with E-state index in [1.54, 1.807) is 0 Å². The van der Waals surface area contributed by atoms with Crippen LogP contribution in [0, 0.1) is 26.7 Å². The third-order valence-electron chi connectivity index (χ3n) is 7.35. The lowest BCUT2D eigenvalue weighted by atomic mass is 9.87. The predicted octanol–water partition coefficient (Wildman–Crippen LogP) is 8.73. The van der Waals surface area contributed by atoms with Crippen LogP contribution < -0.4 is 10.6 Å². The van der Waals surface area contributed by atoms with E-state index in [2.05, 4.69) is 106 Å². The number of benzene rings is 2. The molecule has 0 saturated heterocycles. The predicted molar refractivity (Wildman–Crippen MR) is 157 cm³/mol. The molecule has 2 N–H and O–H groups in total. The van der Waals surface area contributed by atoms with Crippen LogP contribution in [-0.4, -0.2) is 11.8 Å². The summed E-state index contributed by atoms with van der Waals surface area (Å²) in [6.07, 6.45) is 14.3. The minimum Gasteiger partial charge on any atom is -0.382 e. The van der Waals surface area contributed by atoms with Crippen LogP contribution in [0.4, 0.5) is 11.4 Å². The van der Waals surface area contributed by atoms with Crippen molar-refractivity contribution >= 4 is 22.8 Å². The maximum absolute atomic E-state index is 5.00. The number of anilines is 1. The second kappa shape index (κ2) is 11.6. The first-order chi connectivity index (χ1) is 17.3. The first-order valence-electron chi connectivity index (χ1n) is 13.3. The van der Waals surface area contributed by atoms with E-state index in [1.165, 1.54) is 54.5 Å². The highest BCUT2D eigenvalue weighted by atomic mass is 14.9. The molecule has 0 aliphatic heterocycles. The Hall–Kier alpha value is -3.33. The van der Waals surface area contributed by atoms with Crippen LogP contribution in [0.3, 0.4) is 0 Å². The lowest BCUT2D eigenvalue weighted by Crippen LogP contribution is -2.31. The van der Waals surface area contributed by atoms with Crippen LogP contribution >= 0.6 is 0 Å². The molecule has 0 radical (unpaired) electrons. The molecule has 4 rings (SSSR count). The van der Waals surface area contributed by atoms with E-state index < -0.39 is 0 Å². The fourth-order valence-corrected chi connectivity index (χ4v) is 5.25. The Morgan fingerprint density at radius 3 is 2.33 bits per heavy atom. The van der Waals surface area contributed by atoms with E-state index in [4.69, 9.17) is 4.99 Å². The summed E-state index contributed by atoms with van der Waals surface area (Å²) in [6.45, 7) is 17.1. The van der Waals surface area contributed by atoms with Gasteiger partial charge in [0.15, 0.2) is 0 Å². The summed E-state index contributed by atoms with van der Waals surface area (Å²) in [4.78, 5) is 5.00. The molecule has 2 aliphatic carbocycles. The quantitative estimate of drug-likeness (QED) is 0.371. The van der Waals surface area contributed by atoms with E-state index >= 15 is 0 Å². The summed E-state index contributed by atoms with van der Waals surface area (Å²) in [5, 5.41) is 7.15. The van der Waals surface area contributed by atoms with Crippen LogP contribution in [-0.2, 0) is 0 Å². The van der Waals surface area contributed by atoms with Crippen molar-refractivity contribution in [3.8, 4) is 0 Å². The van der Waals surface area contributed by atoms with Gasteiger partial charge in [0.2, 0.25) is 0 Å². The highest BCUT2D eigenvalue weighted by molar-refractivity contribution is 6.02. The van der Waals surface area contributed by atoms with Crippen molar-refractivity contribution in [1.82, 2.24) is 5.32 Å². The average Bonchev–Trinajstić information content (AvgIpc) is 2.86. The molecule has 2 aliphatic rings. The zero-order valence-electron chi connectivity index (χ0n) is 22.5. The number of allylic oxidation sites excluding steroid dienone is 3. The summed E-state index contributed by atoms with van der Waals surface area (Å²) in [7, 11) is 0. The largest absolute Gasteiger partial charge is 0.382 e. The van der Waals surface area contributed by atoms with Crippen LogP contribution in [0.25, 0.3) is 5.70 Å². The van der Waals surface area contributed by atoms with Crippen molar-refractivity contribution in [3.63, 3.8) is 0 Å². The molecule has 0 spiro atoms. The Labute approximate surface area is 217 Å². The number of nitrogens with one attached hydrogen (secondary N) is 2. The van der Waals surface area contributed by atoms with E-state index in [0.29, 0.717) is 12.0 Å². The summed E-state index contributed by atoms with van der Waals surface area (Å²) < 4.78 is 0. The number of rotatable bonds is 8. The van der Waals surface area contributed by atoms with E-state index in [0.717, 1.165) is 40.3 Å². The van der Waals surface area contributed by atoms with Crippen LogP contribution in [0.15, 0.2) is 84.0 Å². The molecule has 1 unspecified atom stereocenters. The number of hydrogen-bond donors (Lipinski definition) is 2. The van der Waals surface area contributed by atoms with Gasteiger partial charge in [-0.15, -0.1) is 0 Å². The average molecular weight is 480 g/mol. The van der Waals surface area contributed by atoms with Gasteiger partial charge in [0.05, 0.1) is 5.69 Å². The maximum Gasteiger partial charge on any atom is 0.0682 e. The second-order valence-corrected chi connectivity index (χ2v) is 10.5. The summed E-state index contributed by atoms with van der Waals surface area (Å²) >= 11 is 0. The fraction of sp³-hybridized carbons (Fsp3) is 0.364. The van der Waals surface area contributed by atoms with E-state index in [9.17, 15) is 0 Å². The van der Waals surface area contributed by atoms with Crippen molar-refractivity contribution < 1.29 is 0 Å². The standard InChI is InChI=1S/C33H41N3/c1-22-18-23(2)20-30(19-22)27(6)35-32-15-12-24(3)33(21-32)36-26(5)29-13-16-31(17-14-29)34-25(4)28-10-8-7-9-11-28/h12-16,18-21,28,31,34-35H,4,6-11,17H2,1-3,5H3. The summed E-state index contributed by atoms with van der Waals surface area (Å²) in [5.74, 6) is 0.635. The van der Waals surface area contributed by atoms with Gasteiger partial charge in [-0.3, -0.25) is 4.99 Å². The van der Waals surface area contributed by atoms with Crippen molar-refractivity contribution in [2.75, 3.05) is 5.32 Å². The molecule has 3 nitrogen and oxygen atoms in total. The Kier molecular flexibility index (Phi) is 8.30. The molecule has 0 heterocycles. The van der Waals surface area contributed by atoms with Gasteiger partial charge in [0.25, 0.3) is 0 Å². The van der Waals surface area contributed by atoms with Crippen LogP contribution in [0.1, 0.15) is 67.7 Å². The van der Waals surface area contributed by atoms with E-state index in [1.807, 2.05) is 0 Å². The van der Waals surface area contributed by atoms with Gasteiger partial charge in [-0.2, -0.15) is 0 Å². The molecular formula is C33H41N3. The van der Waals surface area contributed by atoms with Crippen molar-refractivity contribution in [2.24, 2.45) is 10.9 Å². The lowest BCUT2D eigenvalue weighted by molar-refractivity contribution is 0.382. The highest BCUT2D eigenvalue weighted by Crippen LogP contribution is 2.29. The third kappa shape index (κ3) is 6.66. The zero-order valence-corrected chi connectivity index (χ0v) is 22.5. The minimum absolute atomic E-state index is 0.321. The first kappa shape index (κ1) is 25.8. The molecule has 1 fully saturated rings. The topological polar surface area (TPSA) is 36.4 Å². The molecule has 2 aromatic rings. The second-order valence-electron chi connectivity index (χ2n) is 10.5. The van der Waals surface area contributed by atoms with Crippen LogP contribution in [0.2, 0.25) is 0 Å². The van der Waals surface area contributed by atoms with Gasteiger partial charge < -0.3 is 10.6 Å².